The molecule has 3 heterocycles. The van der Waals surface area contributed by atoms with E-state index in [0.717, 1.165) is 16.9 Å². The Labute approximate surface area is 203 Å². The fourth-order valence-electron chi connectivity index (χ4n) is 4.40. The number of likely N-dealkylation sites (tertiary alicyclic amines) is 1. The summed E-state index contributed by atoms with van der Waals surface area (Å²) in [6, 6.07) is 15.9. The van der Waals surface area contributed by atoms with Crippen LogP contribution in [-0.2, 0) is 6.18 Å². The quantitative estimate of drug-likeness (QED) is 0.451. The molecule has 184 valence electrons. The second-order valence-corrected chi connectivity index (χ2v) is 8.50. The molecule has 36 heavy (non-hydrogen) atoms. The van der Waals surface area contributed by atoms with Crippen LogP contribution in [0.3, 0.4) is 0 Å². The number of nitrogens with one attached hydrogen (secondary N) is 1. The van der Waals surface area contributed by atoms with Gasteiger partial charge in [0, 0.05) is 35.8 Å². The Morgan fingerprint density at radius 1 is 1.03 bits per heavy atom. The Morgan fingerprint density at radius 3 is 2.53 bits per heavy atom. The van der Waals surface area contributed by atoms with E-state index in [1.54, 1.807) is 47.4 Å². The predicted molar refractivity (Wildman–Crippen MR) is 126 cm³/mol. The van der Waals surface area contributed by atoms with Crippen LogP contribution in [0, 0.1) is 0 Å². The molecule has 0 saturated carbocycles. The van der Waals surface area contributed by atoms with E-state index < -0.39 is 11.7 Å². The number of hydrogen-bond acceptors (Lipinski definition) is 5. The summed E-state index contributed by atoms with van der Waals surface area (Å²) in [5, 5.41) is 6.87. The molecule has 3 N–H and O–H groups in total. The molecule has 4 aromatic rings. The molecule has 11 heteroatoms. The average molecular weight is 494 g/mol. The third kappa shape index (κ3) is 4.35. The summed E-state index contributed by atoms with van der Waals surface area (Å²) >= 11 is 0. The Morgan fingerprint density at radius 2 is 1.78 bits per heavy atom. The summed E-state index contributed by atoms with van der Waals surface area (Å²) < 4.78 is 42.0. The molecule has 8 nitrogen and oxygen atoms in total. The molecule has 5 rings (SSSR count). The number of carbonyl (C=O) groups is 2. The van der Waals surface area contributed by atoms with Crippen molar-refractivity contribution in [3.8, 4) is 11.3 Å². The van der Waals surface area contributed by atoms with Gasteiger partial charge in [-0.25, -0.2) is 9.50 Å². The molecule has 2 amide bonds. The molecule has 0 aliphatic carbocycles. The van der Waals surface area contributed by atoms with Gasteiger partial charge < -0.3 is 16.0 Å². The zero-order chi connectivity index (χ0) is 25.4. The van der Waals surface area contributed by atoms with Gasteiger partial charge in [0.2, 0.25) is 0 Å². The van der Waals surface area contributed by atoms with Crippen molar-refractivity contribution in [2.45, 2.75) is 18.6 Å². The molecule has 0 spiro atoms. The number of fused-ring (bicyclic) bond motifs is 1. The molecule has 2 aromatic heterocycles. The van der Waals surface area contributed by atoms with Crippen molar-refractivity contribution in [1.29, 1.82) is 0 Å². The minimum atomic E-state index is -4.66. The van der Waals surface area contributed by atoms with Gasteiger partial charge in [0.1, 0.15) is 11.8 Å². The third-order valence-electron chi connectivity index (χ3n) is 6.14. The fraction of sp³-hybridized carbons (Fsp3) is 0.200. The van der Waals surface area contributed by atoms with E-state index in [2.05, 4.69) is 15.4 Å². The standard InChI is InChI=1S/C25H21F3N6O2/c26-25(27,28)19-12-20(34-21(19)22(29)30-14-31-34)16-7-4-8-17(11-16)23(35)32-18-9-10-33(13-18)24(36)15-5-2-1-3-6-15/h1-8,11-12,14,18H,9-10,13H2,(H,32,35)(H2,29,30,31)/t18-/m0/s1. The number of nitrogen functional groups attached to an aromatic ring is 1. The molecule has 0 bridgehead atoms. The molecule has 1 atom stereocenters. The van der Waals surface area contributed by atoms with Crippen molar-refractivity contribution in [1.82, 2.24) is 24.8 Å². The first kappa shape index (κ1) is 23.3. The van der Waals surface area contributed by atoms with Crippen LogP contribution in [0.2, 0.25) is 0 Å². The van der Waals surface area contributed by atoms with Gasteiger partial charge in [0.15, 0.2) is 5.82 Å². The minimum absolute atomic E-state index is 0.101. The third-order valence-corrected chi connectivity index (χ3v) is 6.14. The second kappa shape index (κ2) is 8.99. The van der Waals surface area contributed by atoms with Gasteiger partial charge >= 0.3 is 6.18 Å². The zero-order valence-corrected chi connectivity index (χ0v) is 18.9. The average Bonchev–Trinajstić information content (AvgIpc) is 3.50. The molecular formula is C25H21F3N6O2. The van der Waals surface area contributed by atoms with Crippen LogP contribution in [0.4, 0.5) is 19.0 Å². The Hall–Kier alpha value is -4.41. The number of hydrogen-bond donors (Lipinski definition) is 2. The number of benzene rings is 2. The van der Waals surface area contributed by atoms with Crippen molar-refractivity contribution in [2.75, 3.05) is 18.8 Å². The number of aromatic nitrogens is 3. The topological polar surface area (TPSA) is 106 Å². The fourth-order valence-corrected chi connectivity index (χ4v) is 4.40. The highest BCUT2D eigenvalue weighted by Gasteiger charge is 2.36. The monoisotopic (exact) mass is 494 g/mol. The lowest BCUT2D eigenvalue weighted by Gasteiger charge is -2.17. The van der Waals surface area contributed by atoms with Crippen molar-refractivity contribution in [3.63, 3.8) is 0 Å². The molecule has 1 fully saturated rings. The summed E-state index contributed by atoms with van der Waals surface area (Å²) in [4.78, 5) is 31.0. The highest BCUT2D eigenvalue weighted by Crippen LogP contribution is 2.38. The van der Waals surface area contributed by atoms with E-state index in [1.165, 1.54) is 6.07 Å². The van der Waals surface area contributed by atoms with Crippen molar-refractivity contribution in [3.05, 3.63) is 83.7 Å². The van der Waals surface area contributed by atoms with E-state index in [4.69, 9.17) is 5.73 Å². The normalized spacial score (nSPS) is 15.9. The summed E-state index contributed by atoms with van der Waals surface area (Å²) in [7, 11) is 0. The van der Waals surface area contributed by atoms with Gasteiger partial charge in [-0.1, -0.05) is 30.3 Å². The second-order valence-electron chi connectivity index (χ2n) is 8.50. The Bertz CT molecular complexity index is 1450. The van der Waals surface area contributed by atoms with Crippen molar-refractivity contribution in [2.24, 2.45) is 0 Å². The lowest BCUT2D eigenvalue weighted by Crippen LogP contribution is -2.38. The number of alkyl halides is 3. The van der Waals surface area contributed by atoms with Gasteiger partial charge in [-0.2, -0.15) is 18.3 Å². The first-order chi connectivity index (χ1) is 17.2. The minimum Gasteiger partial charge on any atom is -0.382 e. The first-order valence-corrected chi connectivity index (χ1v) is 11.2. The van der Waals surface area contributed by atoms with E-state index in [0.29, 0.717) is 30.6 Å². The molecule has 0 radical (unpaired) electrons. The van der Waals surface area contributed by atoms with Crippen LogP contribution in [-0.4, -0.2) is 50.4 Å². The molecule has 1 aliphatic heterocycles. The van der Waals surface area contributed by atoms with Crippen LogP contribution >= 0.6 is 0 Å². The van der Waals surface area contributed by atoms with Gasteiger partial charge in [0.05, 0.1) is 11.3 Å². The number of nitrogens with zero attached hydrogens (tertiary/aromatic N) is 4. The van der Waals surface area contributed by atoms with E-state index in [-0.39, 0.29) is 40.4 Å². The molecular weight excluding hydrogens is 473 g/mol. The van der Waals surface area contributed by atoms with Crippen molar-refractivity contribution >= 4 is 23.1 Å². The number of rotatable bonds is 4. The summed E-state index contributed by atoms with van der Waals surface area (Å²) in [6.07, 6.45) is -2.99. The number of amides is 2. The van der Waals surface area contributed by atoms with Gasteiger partial charge in [-0.3, -0.25) is 9.59 Å². The SMILES string of the molecule is Nc1ncnn2c(-c3cccc(C(=O)N[C@H]4CCN(C(=O)c5ccccc5)C4)c3)cc(C(F)(F)F)c12. The van der Waals surface area contributed by atoms with Gasteiger partial charge in [-0.05, 0) is 36.8 Å². The predicted octanol–water partition coefficient (Wildman–Crippen LogP) is 3.64. The Balaban J connectivity index is 1.36. The van der Waals surface area contributed by atoms with Crippen LogP contribution in [0.1, 0.15) is 32.7 Å². The maximum atomic E-state index is 13.6. The maximum absolute atomic E-state index is 13.6. The van der Waals surface area contributed by atoms with E-state index in [1.807, 2.05) is 6.07 Å². The molecule has 2 aromatic carbocycles. The van der Waals surface area contributed by atoms with Crippen LogP contribution < -0.4 is 11.1 Å². The molecule has 0 unspecified atom stereocenters. The smallest absolute Gasteiger partial charge is 0.382 e. The van der Waals surface area contributed by atoms with Crippen LogP contribution in [0.25, 0.3) is 16.8 Å². The van der Waals surface area contributed by atoms with Crippen LogP contribution in [0.5, 0.6) is 0 Å². The van der Waals surface area contributed by atoms with Crippen molar-refractivity contribution < 1.29 is 22.8 Å². The number of nitrogens with two attached hydrogens (primary N) is 1. The Kier molecular flexibility index (Phi) is 5.83. The highest BCUT2D eigenvalue weighted by atomic mass is 19.4. The number of carbonyl (C=O) groups excluding carboxylic acids is 2. The first-order valence-electron chi connectivity index (χ1n) is 11.2. The molecule has 1 saturated heterocycles. The number of halogens is 3. The number of anilines is 1. The summed E-state index contributed by atoms with van der Waals surface area (Å²) in [6.45, 7) is 0.879. The highest BCUT2D eigenvalue weighted by molar-refractivity contribution is 5.96. The lowest BCUT2D eigenvalue weighted by atomic mass is 10.1. The lowest BCUT2D eigenvalue weighted by molar-refractivity contribution is -0.136. The van der Waals surface area contributed by atoms with Gasteiger partial charge in [-0.15, -0.1) is 0 Å². The maximum Gasteiger partial charge on any atom is 0.418 e. The van der Waals surface area contributed by atoms with E-state index in [9.17, 15) is 22.8 Å². The largest absolute Gasteiger partial charge is 0.418 e. The summed E-state index contributed by atoms with van der Waals surface area (Å²) in [5.41, 5.74) is 5.76. The van der Waals surface area contributed by atoms with Crippen LogP contribution in [0.15, 0.2) is 67.0 Å². The molecule has 1 aliphatic rings. The summed E-state index contributed by atoms with van der Waals surface area (Å²) in [5.74, 6) is -0.786. The zero-order valence-electron chi connectivity index (χ0n) is 18.9. The van der Waals surface area contributed by atoms with Gasteiger partial charge in [0.25, 0.3) is 11.8 Å². The van der Waals surface area contributed by atoms with E-state index >= 15 is 0 Å².